The van der Waals surface area contributed by atoms with Crippen molar-refractivity contribution >= 4 is 43.1 Å². The van der Waals surface area contributed by atoms with Crippen LogP contribution in [0.5, 0.6) is 0 Å². The largest absolute Gasteiger partial charge is 0.0648 e. The Hall–Kier alpha value is -5.98. The lowest BCUT2D eigenvalue weighted by molar-refractivity contribution is 0.734. The highest BCUT2D eigenvalue weighted by Crippen LogP contribution is 2.50. The molecular formula is C50H38. The molecule has 9 aromatic rings. The van der Waals surface area contributed by atoms with Crippen molar-refractivity contribution in [1.82, 2.24) is 0 Å². The van der Waals surface area contributed by atoms with Crippen LogP contribution in [0.15, 0.2) is 176 Å². The van der Waals surface area contributed by atoms with Gasteiger partial charge in [0.1, 0.15) is 0 Å². The van der Waals surface area contributed by atoms with E-state index in [0.717, 1.165) is 6.42 Å². The third-order valence-electron chi connectivity index (χ3n) is 10.8. The van der Waals surface area contributed by atoms with E-state index in [9.17, 15) is 0 Å². The molecule has 0 N–H and O–H groups in total. The second kappa shape index (κ2) is 12.5. The molecule has 0 saturated heterocycles. The first-order chi connectivity index (χ1) is 24.7. The fourth-order valence-corrected chi connectivity index (χ4v) is 8.18. The van der Waals surface area contributed by atoms with E-state index in [1.54, 1.807) is 0 Å². The molecule has 0 bridgehead atoms. The summed E-state index contributed by atoms with van der Waals surface area (Å²) in [5.41, 5.74) is 11.6. The normalized spacial score (nSPS) is 12.2. The van der Waals surface area contributed by atoms with E-state index in [0.29, 0.717) is 5.92 Å². The maximum Gasteiger partial charge on any atom is -0.00139 e. The van der Waals surface area contributed by atoms with E-state index in [1.165, 1.54) is 93.2 Å². The second-order valence-corrected chi connectivity index (χ2v) is 13.5. The molecule has 0 heteroatoms. The number of rotatable bonds is 6. The zero-order valence-electron chi connectivity index (χ0n) is 28.5. The van der Waals surface area contributed by atoms with Crippen LogP contribution in [0.4, 0.5) is 0 Å². The van der Waals surface area contributed by atoms with Gasteiger partial charge in [0, 0.05) is 0 Å². The highest BCUT2D eigenvalue weighted by Gasteiger charge is 2.23. The molecule has 0 aliphatic heterocycles. The molecule has 1 unspecified atom stereocenters. The highest BCUT2D eigenvalue weighted by atomic mass is 14.3. The third-order valence-corrected chi connectivity index (χ3v) is 10.8. The van der Waals surface area contributed by atoms with Crippen LogP contribution in [-0.2, 0) is 0 Å². The first-order valence-electron chi connectivity index (χ1n) is 17.9. The molecule has 1 atom stereocenters. The Morgan fingerprint density at radius 2 is 0.680 bits per heavy atom. The molecule has 0 aromatic heterocycles. The van der Waals surface area contributed by atoms with Crippen LogP contribution in [0, 0.1) is 0 Å². The second-order valence-electron chi connectivity index (χ2n) is 13.5. The van der Waals surface area contributed by atoms with Gasteiger partial charge in [0.25, 0.3) is 0 Å². The molecule has 0 aliphatic rings. The molecule has 0 heterocycles. The van der Waals surface area contributed by atoms with Gasteiger partial charge < -0.3 is 0 Å². The summed E-state index contributed by atoms with van der Waals surface area (Å²) < 4.78 is 0. The van der Waals surface area contributed by atoms with E-state index in [2.05, 4.69) is 190 Å². The van der Waals surface area contributed by atoms with E-state index < -0.39 is 0 Å². The quantitative estimate of drug-likeness (QED) is 0.159. The Morgan fingerprint density at radius 1 is 0.320 bits per heavy atom. The molecule has 9 aromatic carbocycles. The van der Waals surface area contributed by atoms with Crippen LogP contribution in [0.25, 0.3) is 87.6 Å². The minimum Gasteiger partial charge on any atom is -0.0648 e. The van der Waals surface area contributed by atoms with Crippen LogP contribution in [0.3, 0.4) is 0 Å². The predicted molar refractivity (Wildman–Crippen MR) is 217 cm³/mol. The first kappa shape index (κ1) is 30.1. The lowest BCUT2D eigenvalue weighted by Gasteiger charge is -2.23. The van der Waals surface area contributed by atoms with Gasteiger partial charge in [0.05, 0.1) is 0 Å². The van der Waals surface area contributed by atoms with Crippen molar-refractivity contribution in [2.24, 2.45) is 0 Å². The predicted octanol–water partition coefficient (Wildman–Crippen LogP) is 14.5. The zero-order chi connectivity index (χ0) is 33.6. The van der Waals surface area contributed by atoms with Gasteiger partial charge in [0.15, 0.2) is 0 Å². The molecule has 238 valence electrons. The van der Waals surface area contributed by atoms with Crippen LogP contribution < -0.4 is 0 Å². The summed E-state index contributed by atoms with van der Waals surface area (Å²) in [6.07, 6.45) is 1.14. The summed E-state index contributed by atoms with van der Waals surface area (Å²) in [4.78, 5) is 0. The number of benzene rings is 9. The summed E-state index contributed by atoms with van der Waals surface area (Å²) >= 11 is 0. The smallest absolute Gasteiger partial charge is 0.00139 e. The van der Waals surface area contributed by atoms with Crippen molar-refractivity contribution in [3.63, 3.8) is 0 Å². The maximum absolute atomic E-state index is 2.33. The summed E-state index contributed by atoms with van der Waals surface area (Å²) in [5.74, 6) is 0.545. The molecule has 0 spiro atoms. The molecule has 0 radical (unpaired) electrons. The van der Waals surface area contributed by atoms with E-state index >= 15 is 0 Å². The average molecular weight is 639 g/mol. The van der Waals surface area contributed by atoms with Crippen molar-refractivity contribution in [3.05, 3.63) is 181 Å². The van der Waals surface area contributed by atoms with Gasteiger partial charge in [-0.2, -0.15) is 0 Å². The fourth-order valence-electron chi connectivity index (χ4n) is 8.18. The van der Waals surface area contributed by atoms with Crippen molar-refractivity contribution in [2.75, 3.05) is 0 Å². The Labute approximate surface area is 294 Å². The van der Waals surface area contributed by atoms with Gasteiger partial charge in [-0.3, -0.25) is 0 Å². The van der Waals surface area contributed by atoms with Gasteiger partial charge in [-0.25, -0.2) is 0 Å². The van der Waals surface area contributed by atoms with Gasteiger partial charge >= 0.3 is 0 Å². The molecule has 50 heavy (non-hydrogen) atoms. The molecule has 0 saturated carbocycles. The average Bonchev–Trinajstić information content (AvgIpc) is 3.19. The van der Waals surface area contributed by atoms with Crippen molar-refractivity contribution < 1.29 is 0 Å². The molecule has 0 fully saturated rings. The van der Waals surface area contributed by atoms with E-state index in [4.69, 9.17) is 0 Å². The fraction of sp³-hybridized carbons (Fsp3) is 0.0800. The van der Waals surface area contributed by atoms with Gasteiger partial charge in [-0.05, 0) is 105 Å². The minimum absolute atomic E-state index is 0.545. The Bertz CT molecular complexity index is 2570. The summed E-state index contributed by atoms with van der Waals surface area (Å²) in [7, 11) is 0. The van der Waals surface area contributed by atoms with Crippen LogP contribution >= 0.6 is 0 Å². The molecular weight excluding hydrogens is 601 g/mol. The molecule has 0 nitrogen and oxygen atoms in total. The Morgan fingerprint density at radius 3 is 1.12 bits per heavy atom. The highest BCUT2D eigenvalue weighted by molar-refractivity contribution is 6.30. The SMILES string of the molecule is CCC(C)c1ccc(-c2c3ccccc3c(-c3c4ccccc4c(-c4ccccc4-c4ccccc4)c4ccccc34)c3ccccc23)cc1. The Balaban J connectivity index is 1.40. The summed E-state index contributed by atoms with van der Waals surface area (Å²) in [6, 6.07) is 65.2. The Kier molecular flexibility index (Phi) is 7.51. The monoisotopic (exact) mass is 638 g/mol. The maximum atomic E-state index is 2.33. The van der Waals surface area contributed by atoms with E-state index in [-0.39, 0.29) is 0 Å². The van der Waals surface area contributed by atoms with E-state index in [1.807, 2.05) is 0 Å². The summed E-state index contributed by atoms with van der Waals surface area (Å²) in [5, 5.41) is 10.2. The van der Waals surface area contributed by atoms with Gasteiger partial charge in [0.2, 0.25) is 0 Å². The van der Waals surface area contributed by atoms with Gasteiger partial charge in [-0.1, -0.05) is 190 Å². The lowest BCUT2D eigenvalue weighted by Crippen LogP contribution is -1.95. The third kappa shape index (κ3) is 4.83. The van der Waals surface area contributed by atoms with Crippen LogP contribution in [-0.4, -0.2) is 0 Å². The lowest BCUT2D eigenvalue weighted by atomic mass is 9.80. The molecule has 0 aliphatic carbocycles. The van der Waals surface area contributed by atoms with Gasteiger partial charge in [-0.15, -0.1) is 0 Å². The standard InChI is InChI=1S/C50H38/c1-3-33(2)34-29-31-36(32-30-34)47-39-21-9-13-25-43(39)49(44-26-14-10-22-40(44)47)50-45-27-15-11-23-41(45)48(42-24-12-16-28-46(42)50)38-20-8-7-19-37(38)35-17-5-4-6-18-35/h4-33H,3H2,1-2H3. The van der Waals surface area contributed by atoms with Crippen LogP contribution in [0.1, 0.15) is 31.7 Å². The van der Waals surface area contributed by atoms with Crippen LogP contribution in [0.2, 0.25) is 0 Å². The molecule has 0 amide bonds. The topological polar surface area (TPSA) is 0 Å². The summed E-state index contributed by atoms with van der Waals surface area (Å²) in [6.45, 7) is 4.58. The minimum atomic E-state index is 0.545. The van der Waals surface area contributed by atoms with Crippen molar-refractivity contribution in [1.29, 1.82) is 0 Å². The molecule has 9 rings (SSSR count). The number of hydrogen-bond acceptors (Lipinski definition) is 0. The first-order valence-corrected chi connectivity index (χ1v) is 17.9. The van der Waals surface area contributed by atoms with Crippen molar-refractivity contribution in [2.45, 2.75) is 26.2 Å². The number of hydrogen-bond donors (Lipinski definition) is 0. The van der Waals surface area contributed by atoms with Crippen molar-refractivity contribution in [3.8, 4) is 44.5 Å². The zero-order valence-corrected chi connectivity index (χ0v) is 28.5. The number of fused-ring (bicyclic) bond motifs is 4.